The Morgan fingerprint density at radius 3 is 2.54 bits per heavy atom. The number of para-hydroxylation sites is 1. The van der Waals surface area contributed by atoms with Gasteiger partial charge in [-0.25, -0.2) is 4.79 Å². The van der Waals surface area contributed by atoms with E-state index in [4.69, 9.17) is 4.74 Å². The Balaban J connectivity index is 1.78. The average Bonchev–Trinajstić information content (AvgIpc) is 2.59. The molecule has 0 aliphatic heterocycles. The van der Waals surface area contributed by atoms with Gasteiger partial charge in [-0.05, 0) is 43.3 Å². The number of carbonyl (C=O) groups is 1. The fourth-order valence-electron chi connectivity index (χ4n) is 2.52. The predicted molar refractivity (Wildman–Crippen MR) is 94.4 cm³/mol. The van der Waals surface area contributed by atoms with Crippen LogP contribution in [0.3, 0.4) is 0 Å². The summed E-state index contributed by atoms with van der Waals surface area (Å²) in [6.07, 6.45) is 1.60. The lowest BCUT2D eigenvalue weighted by Crippen LogP contribution is -2.06. The molecule has 1 heterocycles. The van der Waals surface area contributed by atoms with Crippen molar-refractivity contribution < 1.29 is 13.7 Å². The van der Waals surface area contributed by atoms with Gasteiger partial charge >= 0.3 is 5.97 Å². The van der Waals surface area contributed by atoms with Crippen LogP contribution in [-0.2, 0) is 22.1 Å². The molecule has 1 unspecified atom stereocenters. The number of nitrogens with zero attached hydrogens (tertiary/aromatic N) is 1. The Hall–Kier alpha value is -2.53. The van der Waals surface area contributed by atoms with E-state index in [1.165, 1.54) is 0 Å². The van der Waals surface area contributed by atoms with Gasteiger partial charge in [-0.15, -0.1) is 0 Å². The first-order valence-electron chi connectivity index (χ1n) is 7.50. The molecule has 0 aliphatic rings. The molecule has 0 saturated heterocycles. The maximum absolute atomic E-state index is 12.2. The third-order valence-corrected chi connectivity index (χ3v) is 4.65. The van der Waals surface area contributed by atoms with Crippen molar-refractivity contribution in [2.45, 2.75) is 18.4 Å². The number of rotatable bonds is 4. The van der Waals surface area contributed by atoms with E-state index in [0.717, 1.165) is 22.2 Å². The molecule has 0 aliphatic carbocycles. The van der Waals surface area contributed by atoms with Gasteiger partial charge in [0.2, 0.25) is 0 Å². The second-order valence-electron chi connectivity index (χ2n) is 5.49. The normalized spacial score (nSPS) is 12.1. The van der Waals surface area contributed by atoms with Crippen molar-refractivity contribution in [2.24, 2.45) is 0 Å². The zero-order valence-electron chi connectivity index (χ0n) is 13.5. The van der Waals surface area contributed by atoms with Crippen LogP contribution in [0.4, 0.5) is 0 Å². The molecular weight excluding hydrogens is 322 g/mol. The SMILES string of the molecule is Cc1cc(COC(=O)c2ccc(S(C)=O)cc2)c2ccccc2n1. The quantitative estimate of drug-likeness (QED) is 0.681. The summed E-state index contributed by atoms with van der Waals surface area (Å²) in [7, 11) is -1.06. The molecule has 122 valence electrons. The van der Waals surface area contributed by atoms with Crippen LogP contribution in [0.5, 0.6) is 0 Å². The van der Waals surface area contributed by atoms with E-state index < -0.39 is 16.8 Å². The first kappa shape index (κ1) is 16.3. The third kappa shape index (κ3) is 3.51. The number of esters is 1. The van der Waals surface area contributed by atoms with Crippen LogP contribution in [0.25, 0.3) is 10.9 Å². The highest BCUT2D eigenvalue weighted by molar-refractivity contribution is 7.84. The smallest absolute Gasteiger partial charge is 0.338 e. The van der Waals surface area contributed by atoms with E-state index in [1.54, 1.807) is 30.5 Å². The molecule has 24 heavy (non-hydrogen) atoms. The molecule has 1 atom stereocenters. The monoisotopic (exact) mass is 339 g/mol. The molecule has 2 aromatic carbocycles. The minimum atomic E-state index is -1.06. The second-order valence-corrected chi connectivity index (χ2v) is 6.87. The molecule has 3 aromatic rings. The topological polar surface area (TPSA) is 56.3 Å². The highest BCUT2D eigenvalue weighted by Gasteiger charge is 2.10. The van der Waals surface area contributed by atoms with Crippen LogP contribution in [0.15, 0.2) is 59.5 Å². The van der Waals surface area contributed by atoms with Gasteiger partial charge in [0.1, 0.15) is 6.61 Å². The summed E-state index contributed by atoms with van der Waals surface area (Å²) in [5.41, 5.74) is 3.14. The third-order valence-electron chi connectivity index (χ3n) is 3.71. The lowest BCUT2D eigenvalue weighted by molar-refractivity contribution is 0.0474. The van der Waals surface area contributed by atoms with Gasteiger partial charge < -0.3 is 4.74 Å². The molecule has 0 N–H and O–H groups in total. The molecule has 1 aromatic heterocycles. The Bertz CT molecular complexity index is 920. The maximum atomic E-state index is 12.2. The highest BCUT2D eigenvalue weighted by Crippen LogP contribution is 2.19. The molecule has 0 fully saturated rings. The summed E-state index contributed by atoms with van der Waals surface area (Å²) in [5.74, 6) is -0.401. The summed E-state index contributed by atoms with van der Waals surface area (Å²) < 4.78 is 16.8. The molecule has 0 radical (unpaired) electrons. The van der Waals surface area contributed by atoms with Gasteiger partial charge in [-0.3, -0.25) is 9.19 Å². The van der Waals surface area contributed by atoms with Gasteiger partial charge in [0.05, 0.1) is 11.1 Å². The number of pyridine rings is 1. The zero-order valence-corrected chi connectivity index (χ0v) is 14.3. The number of ether oxygens (including phenoxy) is 1. The van der Waals surface area contributed by atoms with Crippen LogP contribution in [-0.4, -0.2) is 21.4 Å². The predicted octanol–water partition coefficient (Wildman–Crippen LogP) is 3.64. The van der Waals surface area contributed by atoms with E-state index in [1.807, 2.05) is 37.3 Å². The summed E-state index contributed by atoms with van der Waals surface area (Å²) in [6, 6.07) is 16.3. The van der Waals surface area contributed by atoms with E-state index in [9.17, 15) is 9.00 Å². The van der Waals surface area contributed by atoms with Crippen molar-refractivity contribution in [1.82, 2.24) is 4.98 Å². The van der Waals surface area contributed by atoms with E-state index in [2.05, 4.69) is 4.98 Å². The lowest BCUT2D eigenvalue weighted by atomic mass is 10.1. The van der Waals surface area contributed by atoms with Gasteiger partial charge in [0.15, 0.2) is 0 Å². The van der Waals surface area contributed by atoms with Crippen molar-refractivity contribution in [3.05, 3.63) is 71.4 Å². The van der Waals surface area contributed by atoms with Crippen LogP contribution >= 0.6 is 0 Å². The largest absolute Gasteiger partial charge is 0.457 e. The number of aromatic nitrogens is 1. The van der Waals surface area contributed by atoms with Crippen LogP contribution in [0.2, 0.25) is 0 Å². The molecule has 3 rings (SSSR count). The Kier molecular flexibility index (Phi) is 4.71. The Morgan fingerprint density at radius 2 is 1.83 bits per heavy atom. The molecular formula is C19H17NO3S. The van der Waals surface area contributed by atoms with Gasteiger partial charge in [-0.1, -0.05) is 18.2 Å². The molecule has 0 bridgehead atoms. The summed E-state index contributed by atoms with van der Waals surface area (Å²) in [6.45, 7) is 2.10. The van der Waals surface area contributed by atoms with Crippen molar-refractivity contribution in [2.75, 3.05) is 6.26 Å². The Labute approximate surface area is 142 Å². The van der Waals surface area contributed by atoms with Crippen molar-refractivity contribution in [3.63, 3.8) is 0 Å². The Morgan fingerprint density at radius 1 is 1.12 bits per heavy atom. The minimum Gasteiger partial charge on any atom is -0.457 e. The van der Waals surface area contributed by atoms with Crippen molar-refractivity contribution in [1.29, 1.82) is 0 Å². The fourth-order valence-corrected chi connectivity index (χ4v) is 3.04. The summed E-state index contributed by atoms with van der Waals surface area (Å²) in [5, 5.41) is 0.979. The number of benzene rings is 2. The molecule has 5 heteroatoms. The molecule has 0 amide bonds. The first-order chi connectivity index (χ1) is 11.5. The second kappa shape index (κ2) is 6.93. The molecule has 0 saturated carbocycles. The number of aryl methyl sites for hydroxylation is 1. The van der Waals surface area contributed by atoms with E-state index >= 15 is 0 Å². The fraction of sp³-hybridized carbons (Fsp3) is 0.158. The number of hydrogen-bond acceptors (Lipinski definition) is 4. The van der Waals surface area contributed by atoms with Crippen LogP contribution in [0.1, 0.15) is 21.6 Å². The van der Waals surface area contributed by atoms with Crippen LogP contribution in [0, 0.1) is 6.92 Å². The zero-order chi connectivity index (χ0) is 17.1. The molecule has 4 nitrogen and oxygen atoms in total. The standard InChI is InChI=1S/C19H17NO3S/c1-13-11-15(17-5-3-4-6-18(17)20-13)12-23-19(21)14-7-9-16(10-8-14)24(2)22/h3-11H,12H2,1-2H3. The minimum absolute atomic E-state index is 0.185. The number of hydrogen-bond donors (Lipinski definition) is 0. The van der Waals surface area contributed by atoms with E-state index in [0.29, 0.717) is 10.5 Å². The van der Waals surface area contributed by atoms with Crippen molar-refractivity contribution in [3.8, 4) is 0 Å². The molecule has 0 spiro atoms. The maximum Gasteiger partial charge on any atom is 0.338 e. The number of carbonyl (C=O) groups excluding carboxylic acids is 1. The highest BCUT2D eigenvalue weighted by atomic mass is 32.2. The van der Waals surface area contributed by atoms with Crippen LogP contribution < -0.4 is 0 Å². The van der Waals surface area contributed by atoms with Gasteiger partial charge in [-0.2, -0.15) is 0 Å². The summed E-state index contributed by atoms with van der Waals surface area (Å²) in [4.78, 5) is 17.4. The summed E-state index contributed by atoms with van der Waals surface area (Å²) >= 11 is 0. The van der Waals surface area contributed by atoms with Crippen molar-refractivity contribution >= 4 is 27.7 Å². The number of fused-ring (bicyclic) bond motifs is 1. The first-order valence-corrected chi connectivity index (χ1v) is 9.06. The van der Waals surface area contributed by atoms with Gasteiger partial charge in [0, 0.05) is 38.6 Å². The average molecular weight is 339 g/mol. The van der Waals surface area contributed by atoms with Gasteiger partial charge in [0.25, 0.3) is 0 Å². The van der Waals surface area contributed by atoms with E-state index in [-0.39, 0.29) is 6.61 Å². The lowest BCUT2D eigenvalue weighted by Gasteiger charge is -2.09.